The molecule has 0 saturated heterocycles. The van der Waals surface area contributed by atoms with Crippen molar-refractivity contribution in [1.29, 1.82) is 0 Å². The highest BCUT2D eigenvalue weighted by Crippen LogP contribution is 2.36. The van der Waals surface area contributed by atoms with E-state index in [-0.39, 0.29) is 28.4 Å². The standard InChI is InChI=1S/C17H17F3N2O2S/c1-9(2)13-7-11(16(25)22(3)8-14(23)24)10-5-4-6-12(15(10)21-13)17(18,19)20/h4-7,9H,8H2,1-3H3,(H,23,24). The van der Waals surface area contributed by atoms with Gasteiger partial charge in [0.1, 0.15) is 11.5 Å². The summed E-state index contributed by atoms with van der Waals surface area (Å²) in [5.41, 5.74) is -0.177. The number of likely N-dealkylation sites (N-methyl/N-ethyl adjacent to an activating group) is 1. The van der Waals surface area contributed by atoms with Crippen molar-refractivity contribution >= 4 is 34.1 Å². The summed E-state index contributed by atoms with van der Waals surface area (Å²) in [6, 6.07) is 5.42. The zero-order chi connectivity index (χ0) is 18.9. The number of fused-ring (bicyclic) bond motifs is 1. The van der Waals surface area contributed by atoms with Crippen LogP contribution in [0, 0.1) is 0 Å². The summed E-state index contributed by atoms with van der Waals surface area (Å²) in [4.78, 5) is 16.6. The number of thiocarbonyl (C=S) groups is 1. The maximum absolute atomic E-state index is 13.4. The summed E-state index contributed by atoms with van der Waals surface area (Å²) in [6.45, 7) is 3.29. The average molecular weight is 370 g/mol. The van der Waals surface area contributed by atoms with Gasteiger partial charge in [-0.15, -0.1) is 0 Å². The summed E-state index contributed by atoms with van der Waals surface area (Å²) in [5, 5.41) is 9.18. The zero-order valence-electron chi connectivity index (χ0n) is 13.9. The number of aliphatic carboxylic acids is 1. The predicted molar refractivity (Wildman–Crippen MR) is 92.8 cm³/mol. The number of carbonyl (C=O) groups is 1. The van der Waals surface area contributed by atoms with E-state index in [0.717, 1.165) is 6.07 Å². The minimum Gasteiger partial charge on any atom is -0.480 e. The van der Waals surface area contributed by atoms with Crippen molar-refractivity contribution in [1.82, 2.24) is 9.88 Å². The molecule has 2 rings (SSSR count). The number of halogens is 3. The van der Waals surface area contributed by atoms with Gasteiger partial charge in [-0.2, -0.15) is 13.2 Å². The number of hydrogen-bond acceptors (Lipinski definition) is 3. The van der Waals surface area contributed by atoms with E-state index in [1.807, 2.05) is 13.8 Å². The Morgan fingerprint density at radius 3 is 2.52 bits per heavy atom. The molecule has 0 aliphatic heterocycles. The van der Waals surface area contributed by atoms with Crippen LogP contribution in [0.3, 0.4) is 0 Å². The number of rotatable bonds is 4. The molecule has 0 spiro atoms. The molecule has 0 unspecified atom stereocenters. The van der Waals surface area contributed by atoms with Gasteiger partial charge in [0.15, 0.2) is 0 Å². The van der Waals surface area contributed by atoms with Crippen LogP contribution in [0.25, 0.3) is 10.9 Å². The van der Waals surface area contributed by atoms with Gasteiger partial charge in [0, 0.05) is 23.7 Å². The Morgan fingerprint density at radius 1 is 1.36 bits per heavy atom. The first kappa shape index (κ1) is 19.1. The lowest BCUT2D eigenvalue weighted by Gasteiger charge is -2.21. The predicted octanol–water partition coefficient (Wildman–Crippen LogP) is 4.07. The third-order valence-corrected chi connectivity index (χ3v) is 4.24. The fraction of sp³-hybridized carbons (Fsp3) is 0.353. The van der Waals surface area contributed by atoms with Gasteiger partial charge in [-0.1, -0.05) is 38.2 Å². The Labute approximate surface area is 148 Å². The first-order chi connectivity index (χ1) is 11.5. The van der Waals surface area contributed by atoms with E-state index in [4.69, 9.17) is 17.3 Å². The topological polar surface area (TPSA) is 53.4 Å². The van der Waals surface area contributed by atoms with Crippen LogP contribution in [0.15, 0.2) is 24.3 Å². The van der Waals surface area contributed by atoms with Gasteiger partial charge in [0.05, 0.1) is 11.1 Å². The van der Waals surface area contributed by atoms with Crippen molar-refractivity contribution in [2.24, 2.45) is 0 Å². The van der Waals surface area contributed by atoms with Crippen LogP contribution in [0.2, 0.25) is 0 Å². The molecule has 8 heteroatoms. The number of nitrogens with zero attached hydrogens (tertiary/aromatic N) is 2. The van der Waals surface area contributed by atoms with Crippen molar-refractivity contribution in [3.05, 3.63) is 41.1 Å². The Morgan fingerprint density at radius 2 is 2.00 bits per heavy atom. The SMILES string of the molecule is CC(C)c1cc(C(=S)N(C)CC(=O)O)c2cccc(C(F)(F)F)c2n1. The van der Waals surface area contributed by atoms with E-state index in [1.165, 1.54) is 24.1 Å². The van der Waals surface area contributed by atoms with E-state index in [1.54, 1.807) is 6.07 Å². The van der Waals surface area contributed by atoms with Crippen LogP contribution in [-0.2, 0) is 11.0 Å². The van der Waals surface area contributed by atoms with Crippen LogP contribution in [0.5, 0.6) is 0 Å². The summed E-state index contributed by atoms with van der Waals surface area (Å²) >= 11 is 5.33. The fourth-order valence-electron chi connectivity index (χ4n) is 2.45. The van der Waals surface area contributed by atoms with E-state index in [0.29, 0.717) is 11.3 Å². The summed E-state index contributed by atoms with van der Waals surface area (Å²) in [6.07, 6.45) is -4.55. The van der Waals surface area contributed by atoms with Crippen molar-refractivity contribution in [2.75, 3.05) is 13.6 Å². The molecule has 0 bridgehead atoms. The van der Waals surface area contributed by atoms with E-state index in [2.05, 4.69) is 4.98 Å². The molecule has 1 N–H and O–H groups in total. The zero-order valence-corrected chi connectivity index (χ0v) is 14.7. The van der Waals surface area contributed by atoms with Gasteiger partial charge in [0.25, 0.3) is 0 Å². The first-order valence-corrected chi connectivity index (χ1v) is 7.91. The number of benzene rings is 1. The molecular weight excluding hydrogens is 353 g/mol. The second-order valence-electron chi connectivity index (χ2n) is 6.00. The molecule has 0 atom stereocenters. The lowest BCUT2D eigenvalue weighted by molar-refractivity contribution is -0.137. The van der Waals surface area contributed by atoms with Gasteiger partial charge in [-0.25, -0.2) is 0 Å². The molecule has 134 valence electrons. The van der Waals surface area contributed by atoms with Crippen LogP contribution < -0.4 is 0 Å². The number of carboxylic acid groups (broad SMARTS) is 1. The van der Waals surface area contributed by atoms with Gasteiger partial charge < -0.3 is 10.0 Å². The highest BCUT2D eigenvalue weighted by atomic mass is 32.1. The molecular formula is C17H17F3N2O2S. The molecule has 1 aromatic carbocycles. The number of carboxylic acids is 1. The first-order valence-electron chi connectivity index (χ1n) is 7.50. The van der Waals surface area contributed by atoms with Crippen molar-refractivity contribution in [3.63, 3.8) is 0 Å². The van der Waals surface area contributed by atoms with Crippen LogP contribution in [-0.4, -0.2) is 39.5 Å². The maximum atomic E-state index is 13.4. The summed E-state index contributed by atoms with van der Waals surface area (Å²) in [5.74, 6) is -1.19. The highest BCUT2D eigenvalue weighted by molar-refractivity contribution is 7.80. The lowest BCUT2D eigenvalue weighted by Crippen LogP contribution is -2.31. The second-order valence-corrected chi connectivity index (χ2v) is 6.39. The maximum Gasteiger partial charge on any atom is 0.418 e. The van der Waals surface area contributed by atoms with Crippen molar-refractivity contribution in [3.8, 4) is 0 Å². The Kier molecular flexibility index (Phi) is 5.31. The molecule has 4 nitrogen and oxygen atoms in total. The number of alkyl halides is 3. The Balaban J connectivity index is 2.75. The Bertz CT molecular complexity index is 834. The summed E-state index contributed by atoms with van der Waals surface area (Å²) < 4.78 is 40.1. The number of pyridine rings is 1. The smallest absolute Gasteiger partial charge is 0.418 e. The minimum absolute atomic E-state index is 0.114. The summed E-state index contributed by atoms with van der Waals surface area (Å²) in [7, 11) is 1.49. The van der Waals surface area contributed by atoms with Crippen LogP contribution >= 0.6 is 12.2 Å². The molecule has 0 radical (unpaired) electrons. The highest BCUT2D eigenvalue weighted by Gasteiger charge is 2.34. The molecule has 0 fully saturated rings. The van der Waals surface area contributed by atoms with Gasteiger partial charge in [0.2, 0.25) is 0 Å². The molecule has 25 heavy (non-hydrogen) atoms. The van der Waals surface area contributed by atoms with Crippen molar-refractivity contribution < 1.29 is 23.1 Å². The molecule has 0 saturated carbocycles. The van der Waals surface area contributed by atoms with Crippen molar-refractivity contribution in [2.45, 2.75) is 25.9 Å². The quantitative estimate of drug-likeness (QED) is 0.823. The minimum atomic E-state index is -4.55. The molecule has 1 aromatic heterocycles. The molecule has 1 heterocycles. The Hall–Kier alpha value is -2.22. The second kappa shape index (κ2) is 6.95. The van der Waals surface area contributed by atoms with E-state index >= 15 is 0 Å². The van der Waals surface area contributed by atoms with Gasteiger partial charge >= 0.3 is 12.1 Å². The normalized spacial score (nSPS) is 11.8. The number of aromatic nitrogens is 1. The molecule has 0 aliphatic carbocycles. The number of hydrogen-bond donors (Lipinski definition) is 1. The lowest BCUT2D eigenvalue weighted by atomic mass is 9.99. The van der Waals surface area contributed by atoms with Gasteiger partial charge in [-0.3, -0.25) is 9.78 Å². The van der Waals surface area contributed by atoms with E-state index in [9.17, 15) is 18.0 Å². The average Bonchev–Trinajstić information content (AvgIpc) is 2.50. The number of para-hydroxylation sites is 1. The van der Waals surface area contributed by atoms with Gasteiger partial charge in [-0.05, 0) is 18.1 Å². The van der Waals surface area contributed by atoms with Crippen LogP contribution in [0.4, 0.5) is 13.2 Å². The van der Waals surface area contributed by atoms with E-state index < -0.39 is 17.7 Å². The fourth-order valence-corrected chi connectivity index (χ4v) is 2.68. The largest absolute Gasteiger partial charge is 0.480 e. The molecule has 0 amide bonds. The molecule has 0 aliphatic rings. The monoisotopic (exact) mass is 370 g/mol. The third-order valence-electron chi connectivity index (χ3n) is 3.71. The third kappa shape index (κ3) is 4.07. The van der Waals surface area contributed by atoms with Crippen LogP contribution in [0.1, 0.15) is 36.6 Å². The molecule has 2 aromatic rings.